The van der Waals surface area contributed by atoms with Crippen molar-refractivity contribution < 1.29 is 14.6 Å². The van der Waals surface area contributed by atoms with Crippen molar-refractivity contribution in [1.29, 1.82) is 0 Å². The number of hydrogen-bond acceptors (Lipinski definition) is 4. The smallest absolute Gasteiger partial charge is 0.251 e. The molecule has 1 aromatic carbocycles. The summed E-state index contributed by atoms with van der Waals surface area (Å²) < 4.78 is 6.03. The van der Waals surface area contributed by atoms with E-state index in [0.29, 0.717) is 17.5 Å². The second-order valence-electron chi connectivity index (χ2n) is 7.93. The molecule has 0 saturated heterocycles. The van der Waals surface area contributed by atoms with Crippen molar-refractivity contribution in [3.05, 3.63) is 29.3 Å². The summed E-state index contributed by atoms with van der Waals surface area (Å²) in [6.45, 7) is 11.7. The van der Waals surface area contributed by atoms with Crippen molar-refractivity contribution in [2.24, 2.45) is 11.3 Å². The average Bonchev–Trinajstić information content (AvgIpc) is 2.56. The van der Waals surface area contributed by atoms with Gasteiger partial charge in [-0.2, -0.15) is 0 Å². The van der Waals surface area contributed by atoms with Gasteiger partial charge in [-0.3, -0.25) is 4.79 Å². The predicted octanol–water partition coefficient (Wildman–Crippen LogP) is 2.97. The lowest BCUT2D eigenvalue weighted by atomic mass is 9.64. The third-order valence-electron chi connectivity index (χ3n) is 5.11. The molecule has 1 aliphatic carbocycles. The summed E-state index contributed by atoms with van der Waals surface area (Å²) >= 11 is 0. The lowest BCUT2D eigenvalue weighted by Crippen LogP contribution is -2.58. The largest absolute Gasteiger partial charge is 0.395 e. The van der Waals surface area contributed by atoms with Crippen molar-refractivity contribution in [3.8, 4) is 0 Å². The number of ether oxygens (including phenoxy) is 1. The van der Waals surface area contributed by atoms with Crippen LogP contribution < -0.4 is 10.6 Å². The van der Waals surface area contributed by atoms with E-state index in [1.165, 1.54) is 0 Å². The van der Waals surface area contributed by atoms with Gasteiger partial charge in [0.1, 0.15) is 0 Å². The number of rotatable bonds is 8. The number of aliphatic hydroxyl groups is 1. The molecular formula is C20H32N2O3. The van der Waals surface area contributed by atoms with Gasteiger partial charge in [-0.15, -0.1) is 0 Å². The standard InChI is InChI=1S/C20H32N2O3/c1-13(2)12-25-18-11-17(20(18,4)5)22-16-8-6-7-15(14(16)3)19(24)21-9-10-23/h6-8,13,17-18,22-23H,9-12H2,1-5H3,(H,21,24). The fraction of sp³-hybridized carbons (Fsp3) is 0.650. The molecular weight excluding hydrogens is 316 g/mol. The Labute approximate surface area is 151 Å². The maximum Gasteiger partial charge on any atom is 0.251 e. The molecule has 0 spiro atoms. The van der Waals surface area contributed by atoms with Crippen LogP contribution in [0.25, 0.3) is 0 Å². The fourth-order valence-electron chi connectivity index (χ4n) is 3.21. The van der Waals surface area contributed by atoms with E-state index < -0.39 is 0 Å². The highest BCUT2D eigenvalue weighted by Crippen LogP contribution is 2.44. The Morgan fingerprint density at radius 1 is 1.40 bits per heavy atom. The molecule has 5 heteroatoms. The van der Waals surface area contributed by atoms with Gasteiger partial charge in [0.15, 0.2) is 0 Å². The summed E-state index contributed by atoms with van der Waals surface area (Å²) in [6.07, 6.45) is 1.24. The Morgan fingerprint density at radius 3 is 2.72 bits per heavy atom. The van der Waals surface area contributed by atoms with Crippen molar-refractivity contribution in [2.75, 3.05) is 25.1 Å². The Bertz CT molecular complexity index is 599. The van der Waals surface area contributed by atoms with E-state index in [9.17, 15) is 4.79 Å². The molecule has 5 nitrogen and oxygen atoms in total. The van der Waals surface area contributed by atoms with E-state index in [0.717, 1.165) is 24.3 Å². The van der Waals surface area contributed by atoms with Crippen LogP contribution in [0.4, 0.5) is 5.69 Å². The van der Waals surface area contributed by atoms with Gasteiger partial charge in [0.2, 0.25) is 0 Å². The third kappa shape index (κ3) is 4.53. The minimum absolute atomic E-state index is 0.0521. The molecule has 2 atom stereocenters. The van der Waals surface area contributed by atoms with Gasteiger partial charge in [0.25, 0.3) is 5.91 Å². The number of carbonyl (C=O) groups excluding carboxylic acids is 1. The molecule has 1 amide bonds. The van der Waals surface area contributed by atoms with Gasteiger partial charge < -0.3 is 20.5 Å². The number of nitrogens with one attached hydrogen (secondary N) is 2. The van der Waals surface area contributed by atoms with Gasteiger partial charge in [-0.05, 0) is 37.0 Å². The molecule has 1 saturated carbocycles. The highest BCUT2D eigenvalue weighted by molar-refractivity contribution is 5.97. The molecule has 0 radical (unpaired) electrons. The van der Waals surface area contributed by atoms with Crippen LogP contribution in [0.1, 0.15) is 50.0 Å². The first-order chi connectivity index (χ1) is 11.8. The molecule has 25 heavy (non-hydrogen) atoms. The van der Waals surface area contributed by atoms with Crippen molar-refractivity contribution in [3.63, 3.8) is 0 Å². The summed E-state index contributed by atoms with van der Waals surface area (Å²) in [6, 6.07) is 6.03. The van der Waals surface area contributed by atoms with E-state index in [1.54, 1.807) is 0 Å². The normalized spacial score (nSPS) is 21.7. The van der Waals surface area contributed by atoms with Crippen LogP contribution in [0.5, 0.6) is 0 Å². The Hall–Kier alpha value is -1.59. The molecule has 1 fully saturated rings. The molecule has 0 heterocycles. The highest BCUT2D eigenvalue weighted by atomic mass is 16.5. The molecule has 3 N–H and O–H groups in total. The second kappa shape index (κ2) is 8.19. The molecule has 1 aliphatic rings. The van der Waals surface area contributed by atoms with Crippen LogP contribution in [0.15, 0.2) is 18.2 Å². The number of anilines is 1. The summed E-state index contributed by atoms with van der Waals surface area (Å²) in [5.41, 5.74) is 2.61. The summed E-state index contributed by atoms with van der Waals surface area (Å²) in [7, 11) is 0. The number of aliphatic hydroxyl groups excluding tert-OH is 1. The van der Waals surface area contributed by atoms with Crippen LogP contribution in [0.2, 0.25) is 0 Å². The van der Waals surface area contributed by atoms with Gasteiger partial charge in [-0.25, -0.2) is 0 Å². The topological polar surface area (TPSA) is 70.6 Å². The van der Waals surface area contributed by atoms with Crippen LogP contribution in [0.3, 0.4) is 0 Å². The number of amides is 1. The zero-order chi connectivity index (χ0) is 18.6. The first kappa shape index (κ1) is 19.7. The van der Waals surface area contributed by atoms with E-state index in [-0.39, 0.29) is 30.6 Å². The Kier molecular flexibility index (Phi) is 6.47. The maximum atomic E-state index is 12.2. The van der Waals surface area contributed by atoms with Crippen LogP contribution in [-0.4, -0.2) is 42.9 Å². The fourth-order valence-corrected chi connectivity index (χ4v) is 3.21. The van der Waals surface area contributed by atoms with Crippen molar-refractivity contribution in [1.82, 2.24) is 5.32 Å². The van der Waals surface area contributed by atoms with E-state index >= 15 is 0 Å². The number of hydrogen-bond donors (Lipinski definition) is 3. The van der Waals surface area contributed by atoms with E-state index in [2.05, 4.69) is 38.3 Å². The van der Waals surface area contributed by atoms with Crippen LogP contribution in [-0.2, 0) is 4.74 Å². The van der Waals surface area contributed by atoms with Crippen LogP contribution in [0, 0.1) is 18.3 Å². The SMILES string of the molecule is Cc1c(NC2CC(OCC(C)C)C2(C)C)cccc1C(=O)NCCO. The Balaban J connectivity index is 2.03. The summed E-state index contributed by atoms with van der Waals surface area (Å²) in [4.78, 5) is 12.2. The lowest BCUT2D eigenvalue weighted by molar-refractivity contribution is -0.108. The first-order valence-electron chi connectivity index (χ1n) is 9.14. The van der Waals surface area contributed by atoms with Gasteiger partial charge in [0.05, 0.1) is 12.7 Å². The monoisotopic (exact) mass is 348 g/mol. The predicted molar refractivity (Wildman–Crippen MR) is 101 cm³/mol. The summed E-state index contributed by atoms with van der Waals surface area (Å²) in [5.74, 6) is 0.389. The zero-order valence-electron chi connectivity index (χ0n) is 16.1. The number of benzene rings is 1. The molecule has 2 unspecified atom stereocenters. The number of carbonyl (C=O) groups is 1. The third-order valence-corrected chi connectivity index (χ3v) is 5.11. The molecule has 2 rings (SSSR count). The van der Waals surface area contributed by atoms with Gasteiger partial charge >= 0.3 is 0 Å². The maximum absolute atomic E-state index is 12.2. The van der Waals surface area contributed by atoms with E-state index in [1.807, 2.05) is 25.1 Å². The van der Waals surface area contributed by atoms with E-state index in [4.69, 9.17) is 9.84 Å². The highest BCUT2D eigenvalue weighted by Gasteiger charge is 2.49. The minimum atomic E-state index is -0.152. The minimum Gasteiger partial charge on any atom is -0.395 e. The van der Waals surface area contributed by atoms with Gasteiger partial charge in [0, 0.05) is 35.9 Å². The molecule has 0 bridgehead atoms. The second-order valence-corrected chi connectivity index (χ2v) is 7.93. The van der Waals surface area contributed by atoms with Crippen molar-refractivity contribution >= 4 is 11.6 Å². The van der Waals surface area contributed by atoms with Crippen LogP contribution >= 0.6 is 0 Å². The zero-order valence-corrected chi connectivity index (χ0v) is 16.1. The average molecular weight is 348 g/mol. The first-order valence-corrected chi connectivity index (χ1v) is 9.14. The Morgan fingerprint density at radius 2 is 2.12 bits per heavy atom. The molecule has 1 aromatic rings. The van der Waals surface area contributed by atoms with Gasteiger partial charge in [-0.1, -0.05) is 33.8 Å². The summed E-state index contributed by atoms with van der Waals surface area (Å²) in [5, 5.41) is 15.2. The quantitative estimate of drug-likeness (QED) is 0.675. The molecule has 0 aromatic heterocycles. The van der Waals surface area contributed by atoms with Crippen molar-refractivity contribution in [2.45, 2.75) is 53.2 Å². The lowest BCUT2D eigenvalue weighted by Gasteiger charge is -2.52. The molecule has 0 aliphatic heterocycles. The molecule has 140 valence electrons.